The first-order valence-corrected chi connectivity index (χ1v) is 5.86. The van der Waals surface area contributed by atoms with E-state index in [0.717, 1.165) is 11.4 Å². The maximum atomic E-state index is 10.6. The van der Waals surface area contributed by atoms with Crippen LogP contribution in [0.4, 0.5) is 0 Å². The van der Waals surface area contributed by atoms with Gasteiger partial charge in [-0.25, -0.2) is 13.6 Å². The van der Waals surface area contributed by atoms with Gasteiger partial charge in [-0.05, 0) is 6.42 Å². The van der Waals surface area contributed by atoms with Crippen LogP contribution in [0.15, 0.2) is 0 Å². The van der Waals surface area contributed by atoms with E-state index < -0.39 is 10.0 Å². The van der Waals surface area contributed by atoms with Crippen molar-refractivity contribution in [3.8, 4) is 0 Å². The Labute approximate surface area is 74.7 Å². The molecular weight excluding hydrogens is 198 g/mol. The average molecular weight is 207 g/mol. The molecule has 1 aromatic heterocycles. The van der Waals surface area contributed by atoms with Gasteiger partial charge >= 0.3 is 0 Å². The summed E-state index contributed by atoms with van der Waals surface area (Å²) in [6.07, 6.45) is 0.766. The lowest BCUT2D eigenvalue weighted by Gasteiger charge is -1.89. The fraction of sp³-hybridized carbons (Fsp3) is 0.600. The molecule has 2 N–H and O–H groups in total. The van der Waals surface area contributed by atoms with Gasteiger partial charge in [-0.15, -0.1) is 21.5 Å². The van der Waals surface area contributed by atoms with Gasteiger partial charge < -0.3 is 0 Å². The standard InChI is InChI=1S/C5H9N3O2S2/c1-2-4-7-8-5(11-4)3-12(6,9)10/h2-3H2,1H3,(H2,6,9,10). The van der Waals surface area contributed by atoms with Crippen molar-refractivity contribution in [1.82, 2.24) is 10.2 Å². The number of nitrogens with zero attached hydrogens (tertiary/aromatic N) is 2. The number of aromatic nitrogens is 2. The molecule has 5 nitrogen and oxygen atoms in total. The summed E-state index contributed by atoms with van der Waals surface area (Å²) < 4.78 is 21.2. The minimum absolute atomic E-state index is 0.218. The Morgan fingerprint density at radius 3 is 2.42 bits per heavy atom. The predicted octanol–water partition coefficient (Wildman–Crippen LogP) is -0.111. The van der Waals surface area contributed by atoms with Crippen LogP contribution in [0.2, 0.25) is 0 Å². The van der Waals surface area contributed by atoms with Crippen LogP contribution in [0.3, 0.4) is 0 Å². The monoisotopic (exact) mass is 207 g/mol. The number of rotatable bonds is 3. The highest BCUT2D eigenvalue weighted by Crippen LogP contribution is 2.11. The van der Waals surface area contributed by atoms with E-state index in [-0.39, 0.29) is 5.75 Å². The first-order valence-electron chi connectivity index (χ1n) is 3.33. The molecule has 1 rings (SSSR count). The van der Waals surface area contributed by atoms with E-state index in [1.54, 1.807) is 0 Å². The smallest absolute Gasteiger partial charge is 0.215 e. The van der Waals surface area contributed by atoms with Gasteiger partial charge in [-0.1, -0.05) is 6.92 Å². The Morgan fingerprint density at radius 2 is 2.00 bits per heavy atom. The summed E-state index contributed by atoms with van der Waals surface area (Å²) in [6.45, 7) is 1.93. The molecule has 12 heavy (non-hydrogen) atoms. The molecule has 7 heteroatoms. The van der Waals surface area contributed by atoms with E-state index in [4.69, 9.17) is 5.14 Å². The lowest BCUT2D eigenvalue weighted by atomic mass is 10.5. The molecule has 0 saturated heterocycles. The Bertz CT molecular complexity index is 357. The number of sulfonamides is 1. The van der Waals surface area contributed by atoms with E-state index in [2.05, 4.69) is 10.2 Å². The second-order valence-corrected chi connectivity index (χ2v) is 5.01. The molecule has 0 fully saturated rings. The SMILES string of the molecule is CCc1nnc(CS(N)(=O)=O)s1. The molecule has 1 aromatic rings. The summed E-state index contributed by atoms with van der Waals surface area (Å²) >= 11 is 1.28. The van der Waals surface area contributed by atoms with Crippen LogP contribution in [0.5, 0.6) is 0 Å². The molecule has 0 amide bonds. The molecule has 0 atom stereocenters. The molecule has 0 unspecified atom stereocenters. The molecule has 0 aromatic carbocycles. The second-order valence-electron chi connectivity index (χ2n) is 2.25. The maximum absolute atomic E-state index is 10.6. The fourth-order valence-electron chi connectivity index (χ4n) is 0.662. The quantitative estimate of drug-likeness (QED) is 0.749. The van der Waals surface area contributed by atoms with Gasteiger partial charge in [-0.2, -0.15) is 0 Å². The van der Waals surface area contributed by atoms with E-state index in [0.29, 0.717) is 5.01 Å². The Morgan fingerprint density at radius 1 is 1.42 bits per heavy atom. The van der Waals surface area contributed by atoms with Crippen molar-refractivity contribution in [3.05, 3.63) is 10.0 Å². The van der Waals surface area contributed by atoms with Crippen molar-refractivity contribution < 1.29 is 8.42 Å². The average Bonchev–Trinajstić information content (AvgIpc) is 2.32. The number of hydrogen-bond donors (Lipinski definition) is 1. The van der Waals surface area contributed by atoms with Gasteiger partial charge in [0.05, 0.1) is 0 Å². The van der Waals surface area contributed by atoms with Gasteiger partial charge in [0.15, 0.2) is 0 Å². The molecule has 0 bridgehead atoms. The van der Waals surface area contributed by atoms with Crippen molar-refractivity contribution in [3.63, 3.8) is 0 Å². The zero-order valence-corrected chi connectivity index (χ0v) is 8.15. The highest BCUT2D eigenvalue weighted by atomic mass is 32.2. The third-order valence-electron chi connectivity index (χ3n) is 1.14. The third kappa shape index (κ3) is 2.84. The molecule has 0 aliphatic carbocycles. The topological polar surface area (TPSA) is 85.9 Å². The largest absolute Gasteiger partial charge is 0.228 e. The fourth-order valence-corrected chi connectivity index (χ4v) is 2.37. The summed E-state index contributed by atoms with van der Waals surface area (Å²) in [7, 11) is -3.46. The summed E-state index contributed by atoms with van der Waals surface area (Å²) in [5.74, 6) is -0.218. The van der Waals surface area contributed by atoms with Gasteiger partial charge in [0.25, 0.3) is 0 Å². The van der Waals surface area contributed by atoms with E-state index >= 15 is 0 Å². The van der Waals surface area contributed by atoms with Crippen LogP contribution < -0.4 is 5.14 Å². The van der Waals surface area contributed by atoms with Crippen molar-refractivity contribution in [2.24, 2.45) is 5.14 Å². The first-order chi connectivity index (χ1) is 5.51. The number of aryl methyl sites for hydroxylation is 1. The third-order valence-corrected chi connectivity index (χ3v) is 3.06. The summed E-state index contributed by atoms with van der Waals surface area (Å²) in [4.78, 5) is 0. The highest BCUT2D eigenvalue weighted by molar-refractivity contribution is 7.88. The first kappa shape index (κ1) is 9.56. The second kappa shape index (κ2) is 3.46. The minimum Gasteiger partial charge on any atom is -0.228 e. The molecule has 0 spiro atoms. The van der Waals surface area contributed by atoms with Gasteiger partial charge in [0.2, 0.25) is 10.0 Å². The van der Waals surface area contributed by atoms with Crippen molar-refractivity contribution in [1.29, 1.82) is 0 Å². The van der Waals surface area contributed by atoms with Crippen LogP contribution in [0.1, 0.15) is 16.9 Å². The Hall–Kier alpha value is -0.530. The number of nitrogens with two attached hydrogens (primary N) is 1. The number of hydrogen-bond acceptors (Lipinski definition) is 5. The summed E-state index contributed by atoms with van der Waals surface area (Å²) in [5, 5.41) is 13.6. The molecule has 0 aliphatic heterocycles. The summed E-state index contributed by atoms with van der Waals surface area (Å²) in [6, 6.07) is 0. The van der Waals surface area contributed by atoms with Crippen molar-refractivity contribution >= 4 is 21.4 Å². The lowest BCUT2D eigenvalue weighted by Crippen LogP contribution is -2.14. The lowest BCUT2D eigenvalue weighted by molar-refractivity contribution is 0.596. The summed E-state index contributed by atoms with van der Waals surface area (Å²) in [5.41, 5.74) is 0. The predicted molar refractivity (Wildman–Crippen MR) is 46.1 cm³/mol. The van der Waals surface area contributed by atoms with Gasteiger partial charge in [0, 0.05) is 0 Å². The maximum Gasteiger partial charge on any atom is 0.215 e. The van der Waals surface area contributed by atoms with Crippen LogP contribution in [-0.2, 0) is 22.2 Å². The zero-order valence-electron chi connectivity index (χ0n) is 6.52. The molecule has 68 valence electrons. The molecule has 0 aliphatic rings. The van der Waals surface area contributed by atoms with Crippen molar-refractivity contribution in [2.45, 2.75) is 19.1 Å². The van der Waals surface area contributed by atoms with Crippen LogP contribution >= 0.6 is 11.3 Å². The zero-order chi connectivity index (χ0) is 9.19. The Kier molecular flexibility index (Phi) is 2.76. The van der Waals surface area contributed by atoms with Crippen molar-refractivity contribution in [2.75, 3.05) is 0 Å². The molecule has 1 heterocycles. The Balaban J connectivity index is 2.78. The van der Waals surface area contributed by atoms with E-state index in [9.17, 15) is 8.42 Å². The molecule has 0 radical (unpaired) electrons. The van der Waals surface area contributed by atoms with E-state index in [1.807, 2.05) is 6.92 Å². The van der Waals surface area contributed by atoms with Crippen LogP contribution in [-0.4, -0.2) is 18.6 Å². The van der Waals surface area contributed by atoms with Crippen LogP contribution in [0, 0.1) is 0 Å². The normalized spacial score (nSPS) is 11.8. The number of primary sulfonamides is 1. The van der Waals surface area contributed by atoms with Gasteiger partial charge in [0.1, 0.15) is 15.8 Å². The van der Waals surface area contributed by atoms with Crippen LogP contribution in [0.25, 0.3) is 0 Å². The van der Waals surface area contributed by atoms with Gasteiger partial charge in [-0.3, -0.25) is 0 Å². The highest BCUT2D eigenvalue weighted by Gasteiger charge is 2.09. The molecule has 0 saturated carbocycles. The minimum atomic E-state index is -3.46. The van der Waals surface area contributed by atoms with E-state index in [1.165, 1.54) is 11.3 Å². The molecular formula is C5H9N3O2S2.